The van der Waals surface area contributed by atoms with Gasteiger partial charge in [0, 0.05) is 11.1 Å². The van der Waals surface area contributed by atoms with Crippen LogP contribution in [0.1, 0.15) is 34.8 Å². The summed E-state index contributed by atoms with van der Waals surface area (Å²) >= 11 is 0. The zero-order valence-corrected chi connectivity index (χ0v) is 11.7. The van der Waals surface area contributed by atoms with Gasteiger partial charge in [0.1, 0.15) is 11.6 Å². The van der Waals surface area contributed by atoms with Gasteiger partial charge in [-0.25, -0.2) is 4.39 Å². The Hall–Kier alpha value is -2.16. The molecule has 0 fully saturated rings. The van der Waals surface area contributed by atoms with E-state index in [1.54, 1.807) is 25.1 Å². The molecule has 2 aromatic carbocycles. The number of ether oxygens (including phenoxy) is 1. The molecule has 0 unspecified atom stereocenters. The van der Waals surface area contributed by atoms with E-state index in [2.05, 4.69) is 0 Å². The highest BCUT2D eigenvalue weighted by Gasteiger charge is 2.13. The highest BCUT2D eigenvalue weighted by molar-refractivity contribution is 6.10. The Labute approximate surface area is 118 Å². The quantitative estimate of drug-likeness (QED) is 0.764. The van der Waals surface area contributed by atoms with Crippen molar-refractivity contribution < 1.29 is 13.9 Å². The van der Waals surface area contributed by atoms with Crippen LogP contribution in [-0.4, -0.2) is 12.4 Å². The second kappa shape index (κ2) is 6.33. The molecule has 0 bridgehead atoms. The molecule has 0 radical (unpaired) electrons. The molecule has 0 heterocycles. The van der Waals surface area contributed by atoms with E-state index in [1.165, 1.54) is 18.2 Å². The monoisotopic (exact) mass is 272 g/mol. The summed E-state index contributed by atoms with van der Waals surface area (Å²) in [6.07, 6.45) is 0.912. The summed E-state index contributed by atoms with van der Waals surface area (Å²) in [4.78, 5) is 12.4. The third-order valence-corrected chi connectivity index (χ3v) is 3.00. The number of halogens is 1. The van der Waals surface area contributed by atoms with Gasteiger partial charge in [-0.15, -0.1) is 0 Å². The minimum Gasteiger partial charge on any atom is -0.494 e. The molecule has 2 nitrogen and oxygen atoms in total. The van der Waals surface area contributed by atoms with Gasteiger partial charge in [0.2, 0.25) is 0 Å². The SMILES string of the molecule is CCCOc1cccc(C(=O)c2ccc(F)cc2C)c1. The molecule has 0 amide bonds. The number of ketones is 1. The van der Waals surface area contributed by atoms with E-state index >= 15 is 0 Å². The predicted molar refractivity (Wildman–Crippen MR) is 76.8 cm³/mol. The molecule has 0 N–H and O–H groups in total. The van der Waals surface area contributed by atoms with Crippen molar-refractivity contribution in [3.8, 4) is 5.75 Å². The fraction of sp³-hybridized carbons (Fsp3) is 0.235. The molecular weight excluding hydrogens is 255 g/mol. The van der Waals surface area contributed by atoms with Crippen molar-refractivity contribution in [3.05, 3.63) is 65.0 Å². The van der Waals surface area contributed by atoms with Gasteiger partial charge in [-0.05, 0) is 49.2 Å². The van der Waals surface area contributed by atoms with Crippen LogP contribution in [0.3, 0.4) is 0 Å². The number of hydrogen-bond donors (Lipinski definition) is 0. The van der Waals surface area contributed by atoms with Crippen molar-refractivity contribution in [1.29, 1.82) is 0 Å². The lowest BCUT2D eigenvalue weighted by molar-refractivity contribution is 0.103. The molecule has 0 atom stereocenters. The second-order valence-corrected chi connectivity index (χ2v) is 4.66. The lowest BCUT2D eigenvalue weighted by atomic mass is 9.99. The lowest BCUT2D eigenvalue weighted by Gasteiger charge is -2.08. The Morgan fingerprint density at radius 1 is 1.20 bits per heavy atom. The number of benzene rings is 2. The molecule has 0 saturated carbocycles. The van der Waals surface area contributed by atoms with Crippen LogP contribution in [0, 0.1) is 12.7 Å². The normalized spacial score (nSPS) is 10.3. The van der Waals surface area contributed by atoms with Crippen molar-refractivity contribution in [2.75, 3.05) is 6.61 Å². The van der Waals surface area contributed by atoms with Gasteiger partial charge in [-0.2, -0.15) is 0 Å². The molecule has 2 rings (SSSR count). The Morgan fingerprint density at radius 2 is 2.00 bits per heavy atom. The first-order chi connectivity index (χ1) is 9.61. The lowest BCUT2D eigenvalue weighted by Crippen LogP contribution is -2.05. The number of carbonyl (C=O) groups is 1. The molecule has 0 aliphatic heterocycles. The smallest absolute Gasteiger partial charge is 0.193 e. The minimum atomic E-state index is -0.334. The molecule has 0 saturated heterocycles. The van der Waals surface area contributed by atoms with Gasteiger partial charge in [0.05, 0.1) is 6.61 Å². The van der Waals surface area contributed by atoms with Gasteiger partial charge in [0.25, 0.3) is 0 Å². The van der Waals surface area contributed by atoms with E-state index in [9.17, 15) is 9.18 Å². The Kier molecular flexibility index (Phi) is 4.51. The maximum absolute atomic E-state index is 13.1. The first-order valence-corrected chi connectivity index (χ1v) is 6.65. The standard InChI is InChI=1S/C17H17FO2/c1-3-9-20-15-6-4-5-13(11-15)17(19)16-8-7-14(18)10-12(16)2/h4-8,10-11H,3,9H2,1-2H3. The third-order valence-electron chi connectivity index (χ3n) is 3.00. The number of rotatable bonds is 5. The van der Waals surface area contributed by atoms with E-state index in [0.29, 0.717) is 29.0 Å². The Bertz CT molecular complexity index is 620. The van der Waals surface area contributed by atoms with E-state index < -0.39 is 0 Å². The van der Waals surface area contributed by atoms with Gasteiger partial charge < -0.3 is 4.74 Å². The first kappa shape index (κ1) is 14.3. The molecule has 0 aliphatic carbocycles. The molecular formula is C17H17FO2. The van der Waals surface area contributed by atoms with Gasteiger partial charge in [-0.1, -0.05) is 19.1 Å². The molecule has 20 heavy (non-hydrogen) atoms. The summed E-state index contributed by atoms with van der Waals surface area (Å²) in [5, 5.41) is 0. The Morgan fingerprint density at radius 3 is 2.70 bits per heavy atom. The van der Waals surface area contributed by atoms with Gasteiger partial charge in [-0.3, -0.25) is 4.79 Å². The molecule has 3 heteroatoms. The number of carbonyl (C=O) groups excluding carboxylic acids is 1. The summed E-state index contributed by atoms with van der Waals surface area (Å²) < 4.78 is 18.6. The maximum atomic E-state index is 13.1. The third kappa shape index (κ3) is 3.23. The summed E-state index contributed by atoms with van der Waals surface area (Å²) in [6.45, 7) is 4.37. The van der Waals surface area contributed by atoms with Crippen LogP contribution >= 0.6 is 0 Å². The summed E-state index contributed by atoms with van der Waals surface area (Å²) in [6, 6.07) is 11.3. The van der Waals surface area contributed by atoms with Crippen LogP contribution in [0.4, 0.5) is 4.39 Å². The van der Waals surface area contributed by atoms with Gasteiger partial charge >= 0.3 is 0 Å². The molecule has 0 aromatic heterocycles. The molecule has 0 aliphatic rings. The van der Waals surface area contributed by atoms with Crippen molar-refractivity contribution in [2.45, 2.75) is 20.3 Å². The van der Waals surface area contributed by atoms with Crippen LogP contribution in [0.2, 0.25) is 0 Å². The maximum Gasteiger partial charge on any atom is 0.193 e. The van der Waals surface area contributed by atoms with Crippen molar-refractivity contribution in [3.63, 3.8) is 0 Å². The van der Waals surface area contributed by atoms with Crippen molar-refractivity contribution >= 4 is 5.78 Å². The largest absolute Gasteiger partial charge is 0.494 e. The van der Waals surface area contributed by atoms with E-state index in [0.717, 1.165) is 6.42 Å². The van der Waals surface area contributed by atoms with Crippen LogP contribution in [-0.2, 0) is 0 Å². The minimum absolute atomic E-state index is 0.121. The van der Waals surface area contributed by atoms with Gasteiger partial charge in [0.15, 0.2) is 5.78 Å². The first-order valence-electron chi connectivity index (χ1n) is 6.65. The second-order valence-electron chi connectivity index (χ2n) is 4.66. The average molecular weight is 272 g/mol. The van der Waals surface area contributed by atoms with Crippen molar-refractivity contribution in [1.82, 2.24) is 0 Å². The van der Waals surface area contributed by atoms with Crippen LogP contribution in [0.25, 0.3) is 0 Å². The predicted octanol–water partition coefficient (Wildman–Crippen LogP) is 4.15. The summed E-state index contributed by atoms with van der Waals surface area (Å²) in [5.74, 6) is 0.223. The fourth-order valence-electron chi connectivity index (χ4n) is 1.98. The summed E-state index contributed by atoms with van der Waals surface area (Å²) in [7, 11) is 0. The average Bonchev–Trinajstić information content (AvgIpc) is 2.45. The highest BCUT2D eigenvalue weighted by atomic mass is 19.1. The zero-order chi connectivity index (χ0) is 14.5. The van der Waals surface area contributed by atoms with Crippen LogP contribution in [0.5, 0.6) is 5.75 Å². The van der Waals surface area contributed by atoms with Crippen LogP contribution < -0.4 is 4.74 Å². The topological polar surface area (TPSA) is 26.3 Å². The fourth-order valence-corrected chi connectivity index (χ4v) is 1.98. The molecule has 104 valence electrons. The molecule has 2 aromatic rings. The zero-order valence-electron chi connectivity index (χ0n) is 11.7. The summed E-state index contributed by atoms with van der Waals surface area (Å²) in [5.41, 5.74) is 1.70. The molecule has 0 spiro atoms. The van der Waals surface area contributed by atoms with Crippen LogP contribution in [0.15, 0.2) is 42.5 Å². The van der Waals surface area contributed by atoms with E-state index in [-0.39, 0.29) is 11.6 Å². The van der Waals surface area contributed by atoms with Crippen molar-refractivity contribution in [2.24, 2.45) is 0 Å². The van der Waals surface area contributed by atoms with E-state index in [4.69, 9.17) is 4.74 Å². The highest BCUT2D eigenvalue weighted by Crippen LogP contribution is 2.19. The van der Waals surface area contributed by atoms with E-state index in [1.807, 2.05) is 13.0 Å². The number of aryl methyl sites for hydroxylation is 1. The Balaban J connectivity index is 2.28. The number of hydrogen-bond acceptors (Lipinski definition) is 2.